The average molecular weight is 322 g/mol. The second-order valence-electron chi connectivity index (χ2n) is 5.80. The van der Waals surface area contributed by atoms with Gasteiger partial charge in [0.05, 0.1) is 23.7 Å². The van der Waals surface area contributed by atoms with Crippen LogP contribution in [0, 0.1) is 11.3 Å². The molecule has 1 aliphatic heterocycles. The summed E-state index contributed by atoms with van der Waals surface area (Å²) < 4.78 is 0. The molecule has 0 bridgehead atoms. The van der Waals surface area contributed by atoms with Crippen molar-refractivity contribution >= 4 is 17.5 Å². The summed E-state index contributed by atoms with van der Waals surface area (Å²) in [6.45, 7) is 1.83. The molecule has 6 heteroatoms. The van der Waals surface area contributed by atoms with Crippen molar-refractivity contribution in [3.8, 4) is 6.07 Å². The first kappa shape index (κ1) is 16.8. The molecule has 2 rings (SSSR count). The molecule has 0 radical (unpaired) electrons. The SMILES string of the molecule is CNC(=O)CC1(O)CCCN(Cc2ccc(Cl)cc2C#N)C1. The molecule has 0 spiro atoms. The van der Waals surface area contributed by atoms with Crippen LogP contribution < -0.4 is 5.32 Å². The molecule has 1 heterocycles. The van der Waals surface area contributed by atoms with E-state index < -0.39 is 5.60 Å². The fourth-order valence-corrected chi connectivity index (χ4v) is 3.08. The summed E-state index contributed by atoms with van der Waals surface area (Å²) in [6.07, 6.45) is 1.54. The summed E-state index contributed by atoms with van der Waals surface area (Å²) in [5.74, 6) is -0.159. The fraction of sp³-hybridized carbons (Fsp3) is 0.500. The van der Waals surface area contributed by atoms with Gasteiger partial charge in [-0.15, -0.1) is 0 Å². The van der Waals surface area contributed by atoms with E-state index >= 15 is 0 Å². The first-order valence-corrected chi connectivity index (χ1v) is 7.67. The maximum atomic E-state index is 11.5. The third kappa shape index (κ3) is 4.20. The Hall–Kier alpha value is -1.61. The van der Waals surface area contributed by atoms with E-state index in [9.17, 15) is 15.2 Å². The van der Waals surface area contributed by atoms with Gasteiger partial charge in [0.1, 0.15) is 0 Å². The molecule has 1 saturated heterocycles. The molecule has 1 aromatic rings. The van der Waals surface area contributed by atoms with Crippen LogP contribution in [-0.4, -0.2) is 41.7 Å². The van der Waals surface area contributed by atoms with Gasteiger partial charge in [0.2, 0.25) is 5.91 Å². The van der Waals surface area contributed by atoms with E-state index in [1.807, 2.05) is 6.07 Å². The highest BCUT2D eigenvalue weighted by molar-refractivity contribution is 6.30. The predicted molar refractivity (Wildman–Crippen MR) is 84.3 cm³/mol. The van der Waals surface area contributed by atoms with Crippen molar-refractivity contribution in [1.82, 2.24) is 10.2 Å². The largest absolute Gasteiger partial charge is 0.388 e. The number of hydrogen-bond donors (Lipinski definition) is 2. The highest BCUT2D eigenvalue weighted by atomic mass is 35.5. The molecule has 0 aromatic heterocycles. The van der Waals surface area contributed by atoms with Crippen LogP contribution in [0.15, 0.2) is 18.2 Å². The number of piperidine rings is 1. The zero-order valence-corrected chi connectivity index (χ0v) is 13.4. The van der Waals surface area contributed by atoms with E-state index in [4.69, 9.17) is 11.6 Å². The van der Waals surface area contributed by atoms with Gasteiger partial charge in [0.25, 0.3) is 0 Å². The number of nitrogens with zero attached hydrogens (tertiary/aromatic N) is 2. The molecule has 0 saturated carbocycles. The van der Waals surface area contributed by atoms with Gasteiger partial charge in [-0.3, -0.25) is 9.69 Å². The average Bonchev–Trinajstić information content (AvgIpc) is 2.48. The third-order valence-electron chi connectivity index (χ3n) is 3.99. The van der Waals surface area contributed by atoms with Crippen molar-refractivity contribution in [3.05, 3.63) is 34.3 Å². The normalized spacial score (nSPS) is 22.1. The third-order valence-corrected chi connectivity index (χ3v) is 4.22. The van der Waals surface area contributed by atoms with Crippen molar-refractivity contribution in [3.63, 3.8) is 0 Å². The van der Waals surface area contributed by atoms with E-state index in [-0.39, 0.29) is 12.3 Å². The predicted octanol–water partition coefficient (Wildman–Crippen LogP) is 1.67. The lowest BCUT2D eigenvalue weighted by Crippen LogP contribution is -2.49. The molecule has 5 nitrogen and oxygen atoms in total. The summed E-state index contributed by atoms with van der Waals surface area (Å²) in [4.78, 5) is 13.6. The minimum absolute atomic E-state index is 0.103. The summed E-state index contributed by atoms with van der Waals surface area (Å²) in [6, 6.07) is 7.40. The van der Waals surface area contributed by atoms with Gasteiger partial charge in [0, 0.05) is 25.2 Å². The molecule has 0 aliphatic carbocycles. The van der Waals surface area contributed by atoms with Crippen LogP contribution in [-0.2, 0) is 11.3 Å². The van der Waals surface area contributed by atoms with Gasteiger partial charge >= 0.3 is 0 Å². The first-order valence-electron chi connectivity index (χ1n) is 7.29. The molecule has 2 N–H and O–H groups in total. The number of nitriles is 1. The monoisotopic (exact) mass is 321 g/mol. The standard InChI is InChI=1S/C16H20ClN3O2/c1-19-15(21)8-16(22)5-2-6-20(11-16)10-12-3-4-14(17)7-13(12)9-18/h3-4,7,22H,2,5-6,8,10-11H2,1H3,(H,19,21). The van der Waals surface area contributed by atoms with E-state index in [0.29, 0.717) is 30.1 Å². The van der Waals surface area contributed by atoms with Crippen LogP contribution in [0.5, 0.6) is 0 Å². The second kappa shape index (κ2) is 7.10. The Morgan fingerprint density at radius 2 is 2.36 bits per heavy atom. The zero-order valence-electron chi connectivity index (χ0n) is 12.6. The zero-order chi connectivity index (χ0) is 16.2. The van der Waals surface area contributed by atoms with Crippen molar-refractivity contribution in [1.29, 1.82) is 5.26 Å². The Morgan fingerprint density at radius 3 is 3.05 bits per heavy atom. The van der Waals surface area contributed by atoms with Crippen LogP contribution in [0.25, 0.3) is 0 Å². The molecule has 1 unspecified atom stereocenters. The number of β-amino-alcohol motifs (C(OH)–C–C–N with tert-alkyl or cyclic N) is 1. The van der Waals surface area contributed by atoms with Crippen LogP contribution in [0.4, 0.5) is 0 Å². The lowest BCUT2D eigenvalue weighted by atomic mass is 9.89. The number of amides is 1. The van der Waals surface area contributed by atoms with E-state index in [2.05, 4.69) is 16.3 Å². The van der Waals surface area contributed by atoms with E-state index in [1.54, 1.807) is 19.2 Å². The Balaban J connectivity index is 2.07. The number of benzene rings is 1. The van der Waals surface area contributed by atoms with Crippen LogP contribution in [0.3, 0.4) is 0 Å². The van der Waals surface area contributed by atoms with Crippen molar-refractivity contribution in [2.75, 3.05) is 20.1 Å². The quantitative estimate of drug-likeness (QED) is 0.884. The lowest BCUT2D eigenvalue weighted by molar-refractivity contribution is -0.128. The Morgan fingerprint density at radius 1 is 1.59 bits per heavy atom. The molecule has 118 valence electrons. The van der Waals surface area contributed by atoms with Crippen molar-refractivity contribution in [2.24, 2.45) is 0 Å². The smallest absolute Gasteiger partial charge is 0.222 e. The summed E-state index contributed by atoms with van der Waals surface area (Å²) in [7, 11) is 1.57. The minimum Gasteiger partial charge on any atom is -0.388 e. The van der Waals surface area contributed by atoms with Crippen molar-refractivity contribution in [2.45, 2.75) is 31.4 Å². The van der Waals surface area contributed by atoms with E-state index in [1.165, 1.54) is 0 Å². The number of halogens is 1. The highest BCUT2D eigenvalue weighted by Crippen LogP contribution is 2.26. The van der Waals surface area contributed by atoms with Gasteiger partial charge < -0.3 is 10.4 Å². The molecule has 1 fully saturated rings. The molecular formula is C16H20ClN3O2. The number of hydrogen-bond acceptors (Lipinski definition) is 4. The van der Waals surface area contributed by atoms with E-state index in [0.717, 1.165) is 18.5 Å². The Labute approximate surface area is 135 Å². The number of aliphatic hydroxyl groups is 1. The van der Waals surface area contributed by atoms with Gasteiger partial charge in [-0.25, -0.2) is 0 Å². The molecule has 1 aromatic carbocycles. The number of carbonyl (C=O) groups is 1. The summed E-state index contributed by atoms with van der Waals surface area (Å²) in [5, 5.41) is 22.9. The molecule has 1 aliphatic rings. The number of nitrogens with one attached hydrogen (secondary N) is 1. The first-order chi connectivity index (χ1) is 10.5. The summed E-state index contributed by atoms with van der Waals surface area (Å²) >= 11 is 5.91. The number of likely N-dealkylation sites (tertiary alicyclic amines) is 1. The summed E-state index contributed by atoms with van der Waals surface area (Å²) in [5.41, 5.74) is 0.432. The van der Waals surface area contributed by atoms with Crippen molar-refractivity contribution < 1.29 is 9.90 Å². The van der Waals surface area contributed by atoms with Gasteiger partial charge in [-0.05, 0) is 37.1 Å². The van der Waals surface area contributed by atoms with Crippen LogP contribution in [0.2, 0.25) is 5.02 Å². The second-order valence-corrected chi connectivity index (χ2v) is 6.24. The Kier molecular flexibility index (Phi) is 5.41. The minimum atomic E-state index is -1.00. The van der Waals surface area contributed by atoms with Gasteiger partial charge in [0.15, 0.2) is 0 Å². The molecule has 1 atom stereocenters. The number of rotatable bonds is 4. The van der Waals surface area contributed by atoms with Crippen LogP contribution >= 0.6 is 11.6 Å². The Bertz CT molecular complexity index is 600. The fourth-order valence-electron chi connectivity index (χ4n) is 2.90. The molecule has 1 amide bonds. The molecular weight excluding hydrogens is 302 g/mol. The maximum Gasteiger partial charge on any atom is 0.222 e. The highest BCUT2D eigenvalue weighted by Gasteiger charge is 2.35. The van der Waals surface area contributed by atoms with Gasteiger partial charge in [-0.1, -0.05) is 17.7 Å². The lowest BCUT2D eigenvalue weighted by Gasteiger charge is -2.39. The molecule has 22 heavy (non-hydrogen) atoms. The number of carbonyl (C=O) groups excluding carboxylic acids is 1. The maximum absolute atomic E-state index is 11.5. The topological polar surface area (TPSA) is 76.4 Å². The van der Waals surface area contributed by atoms with Gasteiger partial charge in [-0.2, -0.15) is 5.26 Å². The van der Waals surface area contributed by atoms with Crippen LogP contribution in [0.1, 0.15) is 30.4 Å².